The van der Waals surface area contributed by atoms with E-state index in [0.717, 1.165) is 42.8 Å². The first kappa shape index (κ1) is 31.4. The number of hydrogen-bond acceptors (Lipinski definition) is 7. The van der Waals surface area contributed by atoms with Gasteiger partial charge in [0.15, 0.2) is 0 Å². The Kier molecular flexibility index (Phi) is 8.54. The predicted molar refractivity (Wildman–Crippen MR) is 172 cm³/mol. The number of allylic oxidation sites excluding steroid dienone is 1. The number of benzene rings is 2. The summed E-state index contributed by atoms with van der Waals surface area (Å²) in [6, 6.07) is 11.4. The first-order valence-corrected chi connectivity index (χ1v) is 17.6. The van der Waals surface area contributed by atoms with Crippen LogP contribution in [0.1, 0.15) is 67.4 Å². The van der Waals surface area contributed by atoms with Gasteiger partial charge in [0, 0.05) is 36.2 Å². The summed E-state index contributed by atoms with van der Waals surface area (Å²) in [4.78, 5) is 15.7. The molecule has 2 N–H and O–H groups in total. The number of nitrogens with zero attached hydrogens (tertiary/aromatic N) is 1. The molecule has 6 rings (SSSR count). The van der Waals surface area contributed by atoms with E-state index < -0.39 is 26.8 Å². The van der Waals surface area contributed by atoms with Crippen LogP contribution in [0.25, 0.3) is 0 Å². The average molecular weight is 643 g/mol. The second-order valence-corrected chi connectivity index (χ2v) is 15.8. The highest BCUT2D eigenvalue weighted by Crippen LogP contribution is 2.49. The minimum absolute atomic E-state index is 0.0746. The summed E-state index contributed by atoms with van der Waals surface area (Å²) < 4.78 is 41.5. The highest BCUT2D eigenvalue weighted by Gasteiger charge is 2.49. The van der Waals surface area contributed by atoms with Crippen molar-refractivity contribution in [1.82, 2.24) is 4.72 Å². The third kappa shape index (κ3) is 5.54. The number of aryl methyl sites for hydroxylation is 1. The van der Waals surface area contributed by atoms with Crippen LogP contribution in [-0.4, -0.2) is 63.7 Å². The van der Waals surface area contributed by atoms with Gasteiger partial charge in [0.2, 0.25) is 10.0 Å². The van der Waals surface area contributed by atoms with Gasteiger partial charge in [-0.05, 0) is 105 Å². The van der Waals surface area contributed by atoms with Gasteiger partial charge in [-0.3, -0.25) is 4.79 Å². The summed E-state index contributed by atoms with van der Waals surface area (Å²) in [6.45, 7) is 5.14. The topological polar surface area (TPSA) is 105 Å². The number of rotatable bonds is 2. The van der Waals surface area contributed by atoms with E-state index in [-0.39, 0.29) is 35.3 Å². The van der Waals surface area contributed by atoms with Crippen LogP contribution >= 0.6 is 11.6 Å². The molecule has 1 fully saturated rings. The Morgan fingerprint density at radius 1 is 1.18 bits per heavy atom. The Morgan fingerprint density at radius 3 is 2.73 bits per heavy atom. The molecule has 44 heavy (non-hydrogen) atoms. The van der Waals surface area contributed by atoms with Gasteiger partial charge in [-0.1, -0.05) is 36.7 Å². The fraction of sp³-hybridized carbons (Fsp3) is 0.559. The van der Waals surface area contributed by atoms with Gasteiger partial charge in [-0.25, -0.2) is 13.1 Å². The Labute approximate surface area is 265 Å². The molecule has 2 aliphatic carbocycles. The Hall–Kier alpha value is -2.59. The molecule has 2 bridgehead atoms. The number of ether oxygens (including phenoxy) is 2. The molecule has 2 heterocycles. The third-order valence-electron chi connectivity index (χ3n) is 10.9. The number of amides is 1. The quantitative estimate of drug-likeness (QED) is 0.431. The zero-order chi connectivity index (χ0) is 31.3. The molecule has 2 aromatic rings. The maximum absolute atomic E-state index is 13.4. The molecule has 0 aromatic heterocycles. The van der Waals surface area contributed by atoms with E-state index in [9.17, 15) is 18.3 Å². The second-order valence-electron chi connectivity index (χ2n) is 13.3. The SMILES string of the molecule is CO[C@]1(CO)/C=C/C[C@H](C)[C@@H](C)S(=O)(=O)NC(=O)c2ccc3c(c2)N(C[C@@H]2CC[C@H]21)C[C@@]1(CCCc2cc(Cl)ccc21)CO3. The van der Waals surface area contributed by atoms with Crippen LogP contribution in [0, 0.1) is 17.8 Å². The number of anilines is 1. The van der Waals surface area contributed by atoms with Crippen molar-refractivity contribution in [2.75, 3.05) is 38.3 Å². The van der Waals surface area contributed by atoms with Crippen LogP contribution in [0.4, 0.5) is 5.69 Å². The van der Waals surface area contributed by atoms with Crippen molar-refractivity contribution in [3.05, 3.63) is 70.3 Å². The number of carbonyl (C=O) groups is 1. The smallest absolute Gasteiger partial charge is 0.264 e. The first-order chi connectivity index (χ1) is 21.0. The van der Waals surface area contributed by atoms with Crippen LogP contribution in [0.2, 0.25) is 5.02 Å². The Morgan fingerprint density at radius 2 is 2.00 bits per heavy atom. The summed E-state index contributed by atoms with van der Waals surface area (Å²) in [5, 5.41) is 10.6. The molecule has 4 aliphatic rings. The number of fused-ring (bicyclic) bond motifs is 4. The number of carbonyl (C=O) groups excluding carboxylic acids is 1. The lowest BCUT2D eigenvalue weighted by Crippen LogP contribution is -2.54. The van der Waals surface area contributed by atoms with Crippen molar-refractivity contribution in [1.29, 1.82) is 0 Å². The summed E-state index contributed by atoms with van der Waals surface area (Å²) in [7, 11) is -2.32. The lowest BCUT2D eigenvalue weighted by Gasteiger charge is -2.50. The standard InChI is InChI=1S/C34H43ClN2O6S/c1-22-6-4-15-34(20-38,42-3)29-11-8-26(29)18-37-19-33(14-5-7-24-16-27(35)10-12-28(24)33)21-43-31-13-9-25(17-30(31)37)32(39)36-44(40,41)23(22)2/h4,9-10,12-13,15-17,22-23,26,29,38H,5-8,11,14,18-21H2,1-3H3,(H,36,39)/b15-4+/t22-,23+,26-,29+,33-,34-/m0/s1. The van der Waals surface area contributed by atoms with E-state index in [2.05, 4.69) is 21.8 Å². The molecule has 2 aliphatic heterocycles. The summed E-state index contributed by atoms with van der Waals surface area (Å²) in [5.74, 6) is 0.0543. The van der Waals surface area contributed by atoms with E-state index in [1.165, 1.54) is 11.1 Å². The highest BCUT2D eigenvalue weighted by molar-refractivity contribution is 7.90. The number of nitrogens with one attached hydrogen (secondary N) is 1. The van der Waals surface area contributed by atoms with E-state index >= 15 is 0 Å². The minimum atomic E-state index is -3.95. The first-order valence-electron chi connectivity index (χ1n) is 15.7. The molecular formula is C34H43ClN2O6S. The van der Waals surface area contributed by atoms with E-state index in [0.29, 0.717) is 31.9 Å². The fourth-order valence-corrected chi connectivity index (χ4v) is 9.29. The van der Waals surface area contributed by atoms with Gasteiger partial charge in [0.1, 0.15) is 11.4 Å². The summed E-state index contributed by atoms with van der Waals surface area (Å²) in [5.41, 5.74) is 2.38. The monoisotopic (exact) mass is 642 g/mol. The molecular weight excluding hydrogens is 600 g/mol. The lowest BCUT2D eigenvalue weighted by atomic mass is 9.64. The fourth-order valence-electron chi connectivity index (χ4n) is 7.81. The van der Waals surface area contributed by atoms with Crippen LogP contribution in [0.15, 0.2) is 48.6 Å². The van der Waals surface area contributed by atoms with Crippen LogP contribution < -0.4 is 14.4 Å². The van der Waals surface area contributed by atoms with Crippen molar-refractivity contribution in [3.8, 4) is 5.75 Å². The summed E-state index contributed by atoms with van der Waals surface area (Å²) in [6.07, 6.45) is 9.15. The normalized spacial score (nSPS) is 34.0. The highest BCUT2D eigenvalue weighted by atomic mass is 35.5. The molecule has 6 atom stereocenters. The number of sulfonamides is 1. The van der Waals surface area contributed by atoms with Crippen molar-refractivity contribution < 1.29 is 27.8 Å². The van der Waals surface area contributed by atoms with Gasteiger partial charge >= 0.3 is 0 Å². The molecule has 0 radical (unpaired) electrons. The Balaban J connectivity index is 1.46. The molecule has 2 aromatic carbocycles. The molecule has 238 valence electrons. The van der Waals surface area contributed by atoms with Crippen LogP contribution in [-0.2, 0) is 26.6 Å². The van der Waals surface area contributed by atoms with E-state index in [1.54, 1.807) is 32.2 Å². The van der Waals surface area contributed by atoms with Gasteiger partial charge in [0.25, 0.3) is 5.91 Å². The number of aliphatic hydroxyl groups is 1. The minimum Gasteiger partial charge on any atom is -0.490 e. The molecule has 1 saturated carbocycles. The molecule has 10 heteroatoms. The zero-order valence-corrected chi connectivity index (χ0v) is 27.3. The van der Waals surface area contributed by atoms with Gasteiger partial charge in [0.05, 0.1) is 24.2 Å². The molecule has 0 saturated heterocycles. The van der Waals surface area contributed by atoms with Gasteiger partial charge < -0.3 is 19.5 Å². The number of methoxy groups -OCH3 is 1. The van der Waals surface area contributed by atoms with Crippen LogP contribution in [0.5, 0.6) is 5.75 Å². The van der Waals surface area contributed by atoms with Gasteiger partial charge in [-0.15, -0.1) is 0 Å². The molecule has 0 unspecified atom stereocenters. The summed E-state index contributed by atoms with van der Waals surface area (Å²) >= 11 is 6.41. The largest absolute Gasteiger partial charge is 0.490 e. The van der Waals surface area contributed by atoms with Crippen molar-refractivity contribution in [2.45, 2.75) is 68.6 Å². The van der Waals surface area contributed by atoms with Gasteiger partial charge in [-0.2, -0.15) is 0 Å². The van der Waals surface area contributed by atoms with Crippen molar-refractivity contribution in [3.63, 3.8) is 0 Å². The van der Waals surface area contributed by atoms with E-state index in [1.807, 2.05) is 25.1 Å². The third-order valence-corrected chi connectivity index (χ3v) is 13.0. The van der Waals surface area contributed by atoms with Crippen molar-refractivity contribution in [2.24, 2.45) is 17.8 Å². The number of halogens is 1. The average Bonchev–Trinajstić information content (AvgIpc) is 3.14. The van der Waals surface area contributed by atoms with E-state index in [4.69, 9.17) is 21.1 Å². The maximum atomic E-state index is 13.4. The molecule has 1 amide bonds. The lowest BCUT2D eigenvalue weighted by molar-refractivity contribution is -0.103. The predicted octanol–water partition coefficient (Wildman–Crippen LogP) is 5.26. The number of hydrogen-bond donors (Lipinski definition) is 2. The van der Waals surface area contributed by atoms with Crippen molar-refractivity contribution >= 4 is 33.2 Å². The second kappa shape index (κ2) is 12.0. The zero-order valence-electron chi connectivity index (χ0n) is 25.7. The molecule has 1 spiro atoms. The Bertz CT molecular complexity index is 1560. The number of aliphatic hydroxyl groups excluding tert-OH is 1. The maximum Gasteiger partial charge on any atom is 0.264 e. The molecule has 8 nitrogen and oxygen atoms in total. The van der Waals surface area contributed by atoms with Crippen LogP contribution in [0.3, 0.4) is 0 Å².